The Morgan fingerprint density at radius 2 is 0.522 bits per heavy atom. The molecule has 0 aromatic carbocycles. The molecule has 0 aliphatic carbocycles. The van der Waals surface area contributed by atoms with Crippen LogP contribution in [0.25, 0.3) is 0 Å². The number of allylic oxidation sites excluding steroid dienone is 8. The van der Waals surface area contributed by atoms with Crippen molar-refractivity contribution in [2.45, 2.75) is 322 Å². The highest BCUT2D eigenvalue weighted by Crippen LogP contribution is 2.17. The van der Waals surface area contributed by atoms with E-state index in [1.807, 2.05) is 0 Å². The maximum Gasteiger partial charge on any atom is 0.306 e. The summed E-state index contributed by atoms with van der Waals surface area (Å²) in [6, 6.07) is 0. The van der Waals surface area contributed by atoms with E-state index in [1.54, 1.807) is 0 Å². The molecule has 0 unspecified atom stereocenters. The molecule has 0 spiro atoms. The van der Waals surface area contributed by atoms with E-state index in [-0.39, 0.29) is 31.1 Å². The van der Waals surface area contributed by atoms with Gasteiger partial charge in [0.05, 0.1) is 0 Å². The number of ether oxygens (including phenoxy) is 3. The third-order valence-corrected chi connectivity index (χ3v) is 13.3. The predicted molar refractivity (Wildman–Crippen MR) is 298 cm³/mol. The molecule has 0 bridgehead atoms. The molecule has 6 heteroatoms. The molecule has 6 nitrogen and oxygen atoms in total. The maximum absolute atomic E-state index is 12.9. The van der Waals surface area contributed by atoms with Crippen LogP contribution in [0, 0.1) is 0 Å². The third kappa shape index (κ3) is 56.2. The number of hydrogen-bond donors (Lipinski definition) is 0. The molecule has 0 saturated carbocycles. The molecule has 0 aliphatic rings. The molecule has 1 atom stereocenters. The first-order valence-electron chi connectivity index (χ1n) is 30.1. The Labute approximate surface area is 428 Å². The third-order valence-electron chi connectivity index (χ3n) is 13.3. The van der Waals surface area contributed by atoms with E-state index in [4.69, 9.17) is 14.2 Å². The molecule has 0 saturated heterocycles. The van der Waals surface area contributed by atoms with Crippen molar-refractivity contribution in [2.24, 2.45) is 0 Å². The largest absolute Gasteiger partial charge is 0.462 e. The minimum Gasteiger partial charge on any atom is -0.462 e. The number of carbonyl (C=O) groups excluding carboxylic acids is 3. The van der Waals surface area contributed by atoms with E-state index >= 15 is 0 Å². The van der Waals surface area contributed by atoms with Gasteiger partial charge in [-0.25, -0.2) is 0 Å². The van der Waals surface area contributed by atoms with Crippen LogP contribution in [-0.2, 0) is 28.6 Å². The van der Waals surface area contributed by atoms with E-state index in [0.29, 0.717) is 19.3 Å². The fourth-order valence-corrected chi connectivity index (χ4v) is 8.78. The van der Waals surface area contributed by atoms with Gasteiger partial charge >= 0.3 is 17.9 Å². The van der Waals surface area contributed by atoms with Crippen LogP contribution in [0.4, 0.5) is 0 Å². The van der Waals surface area contributed by atoms with Gasteiger partial charge in [-0.05, 0) is 64.2 Å². The van der Waals surface area contributed by atoms with Crippen molar-refractivity contribution in [2.75, 3.05) is 13.2 Å². The minimum atomic E-state index is -0.783. The molecular weight excluding hydrogens is 853 g/mol. The summed E-state index contributed by atoms with van der Waals surface area (Å²) < 4.78 is 16.9. The molecule has 402 valence electrons. The van der Waals surface area contributed by atoms with Crippen LogP contribution in [0.2, 0.25) is 0 Å². The number of carbonyl (C=O) groups is 3. The highest BCUT2D eigenvalue weighted by Gasteiger charge is 2.19. The average molecular weight is 968 g/mol. The summed E-state index contributed by atoms with van der Waals surface area (Å²) in [6.07, 6.45) is 71.0. The SMILES string of the molecule is CCCCC/C=C/C/C=C/C/C=C/C/C=C/CCCCCC(=O)OC[C@@H](COC(=O)CCCCCCCCCCCCCCCC)OC(=O)CCCCCCCCCCCCCCCCCCCC. The molecule has 0 aromatic rings. The van der Waals surface area contributed by atoms with E-state index < -0.39 is 6.10 Å². The normalized spacial score (nSPS) is 12.3. The topological polar surface area (TPSA) is 78.9 Å². The van der Waals surface area contributed by atoms with Crippen LogP contribution in [0.3, 0.4) is 0 Å². The van der Waals surface area contributed by atoms with Gasteiger partial charge < -0.3 is 14.2 Å². The van der Waals surface area contributed by atoms with Gasteiger partial charge in [0.1, 0.15) is 13.2 Å². The van der Waals surface area contributed by atoms with Crippen LogP contribution >= 0.6 is 0 Å². The van der Waals surface area contributed by atoms with Crippen molar-refractivity contribution in [3.05, 3.63) is 48.6 Å². The van der Waals surface area contributed by atoms with Crippen molar-refractivity contribution < 1.29 is 28.6 Å². The summed E-state index contributed by atoms with van der Waals surface area (Å²) >= 11 is 0. The molecule has 0 aliphatic heterocycles. The van der Waals surface area contributed by atoms with Gasteiger partial charge in [0, 0.05) is 19.3 Å². The van der Waals surface area contributed by atoms with Crippen LogP contribution in [0.5, 0.6) is 0 Å². The number of esters is 3. The molecule has 0 fully saturated rings. The van der Waals surface area contributed by atoms with Gasteiger partial charge in [-0.3, -0.25) is 14.4 Å². The lowest BCUT2D eigenvalue weighted by atomic mass is 10.0. The van der Waals surface area contributed by atoms with Gasteiger partial charge in [0.15, 0.2) is 6.10 Å². The lowest BCUT2D eigenvalue weighted by Crippen LogP contribution is -2.30. The first-order valence-corrected chi connectivity index (χ1v) is 30.1. The highest BCUT2D eigenvalue weighted by atomic mass is 16.6. The Bertz CT molecular complexity index is 1200. The van der Waals surface area contributed by atoms with Crippen LogP contribution in [-0.4, -0.2) is 37.2 Å². The van der Waals surface area contributed by atoms with E-state index in [9.17, 15) is 14.4 Å². The summed E-state index contributed by atoms with van der Waals surface area (Å²) in [4.78, 5) is 38.2. The lowest BCUT2D eigenvalue weighted by Gasteiger charge is -2.18. The van der Waals surface area contributed by atoms with Gasteiger partial charge in [0.25, 0.3) is 0 Å². The van der Waals surface area contributed by atoms with Crippen molar-refractivity contribution >= 4 is 17.9 Å². The first-order chi connectivity index (χ1) is 34.0. The smallest absolute Gasteiger partial charge is 0.306 e. The summed E-state index contributed by atoms with van der Waals surface area (Å²) in [6.45, 7) is 6.63. The second-order valence-electron chi connectivity index (χ2n) is 20.3. The fraction of sp³-hybridized carbons (Fsp3) is 0.825. The highest BCUT2D eigenvalue weighted by molar-refractivity contribution is 5.71. The van der Waals surface area contributed by atoms with Crippen molar-refractivity contribution in [3.63, 3.8) is 0 Å². The summed E-state index contributed by atoms with van der Waals surface area (Å²) in [5, 5.41) is 0. The van der Waals surface area contributed by atoms with E-state index in [2.05, 4.69) is 69.4 Å². The standard InChI is InChI=1S/C63H114O6/c1-4-7-10-13-16-19-22-25-28-30-32-34-35-38-41-44-47-50-53-56-62(65)68-59-60(58-67-61(64)55-52-49-46-43-40-37-27-24-21-18-15-12-9-6-3)69-63(66)57-54-51-48-45-42-39-36-33-31-29-26-23-20-17-14-11-8-5-2/h16,19,25,28,32,34,38,41,60H,4-15,17-18,20-24,26-27,29-31,33,35-37,39-40,42-59H2,1-3H3/b19-16+,28-25+,34-32+,41-38+/t60-/m1/s1. The second kappa shape index (κ2) is 57.9. The maximum atomic E-state index is 12.9. The van der Waals surface area contributed by atoms with Crippen LogP contribution < -0.4 is 0 Å². The quantitative estimate of drug-likeness (QED) is 0.0262. The van der Waals surface area contributed by atoms with E-state index in [1.165, 1.54) is 193 Å². The Balaban J connectivity index is 4.39. The number of unbranched alkanes of at least 4 members (excludes halogenated alkanes) is 36. The number of hydrogen-bond acceptors (Lipinski definition) is 6. The number of rotatable bonds is 55. The van der Waals surface area contributed by atoms with Gasteiger partial charge in [-0.2, -0.15) is 0 Å². The Kier molecular flexibility index (Phi) is 55.7. The summed E-state index contributed by atoms with van der Waals surface area (Å²) in [7, 11) is 0. The van der Waals surface area contributed by atoms with E-state index in [0.717, 1.165) is 83.5 Å². The Morgan fingerprint density at radius 3 is 0.841 bits per heavy atom. The zero-order valence-electron chi connectivity index (χ0n) is 46.1. The Hall–Kier alpha value is -2.63. The second-order valence-corrected chi connectivity index (χ2v) is 20.3. The lowest BCUT2D eigenvalue weighted by molar-refractivity contribution is -0.167. The van der Waals surface area contributed by atoms with Crippen LogP contribution in [0.1, 0.15) is 316 Å². The van der Waals surface area contributed by atoms with Gasteiger partial charge in [-0.1, -0.05) is 281 Å². The molecule has 0 N–H and O–H groups in total. The molecule has 0 radical (unpaired) electrons. The molecule has 0 rings (SSSR count). The summed E-state index contributed by atoms with van der Waals surface area (Å²) in [5.74, 6) is -0.891. The van der Waals surface area contributed by atoms with Gasteiger partial charge in [-0.15, -0.1) is 0 Å². The molecule has 69 heavy (non-hydrogen) atoms. The Morgan fingerprint density at radius 1 is 0.290 bits per heavy atom. The van der Waals surface area contributed by atoms with Crippen molar-refractivity contribution in [1.29, 1.82) is 0 Å². The molecule has 0 aromatic heterocycles. The first kappa shape index (κ1) is 66.4. The zero-order valence-corrected chi connectivity index (χ0v) is 46.1. The fourth-order valence-electron chi connectivity index (χ4n) is 8.78. The average Bonchev–Trinajstić information content (AvgIpc) is 3.35. The minimum absolute atomic E-state index is 0.0787. The van der Waals surface area contributed by atoms with Gasteiger partial charge in [0.2, 0.25) is 0 Å². The molecule has 0 amide bonds. The van der Waals surface area contributed by atoms with Crippen molar-refractivity contribution in [1.82, 2.24) is 0 Å². The zero-order chi connectivity index (χ0) is 50.0. The molecule has 0 heterocycles. The van der Waals surface area contributed by atoms with Crippen molar-refractivity contribution in [3.8, 4) is 0 Å². The monoisotopic (exact) mass is 967 g/mol. The predicted octanol–water partition coefficient (Wildman–Crippen LogP) is 20.2. The summed E-state index contributed by atoms with van der Waals surface area (Å²) in [5.41, 5.74) is 0. The molecular formula is C63H114O6. The van der Waals surface area contributed by atoms with Crippen LogP contribution in [0.15, 0.2) is 48.6 Å².